The maximum absolute atomic E-state index is 13.7. The normalized spacial score (nSPS) is 17.0. The Labute approximate surface area is 211 Å². The molecule has 1 fully saturated rings. The summed E-state index contributed by atoms with van der Waals surface area (Å²) in [6, 6.07) is 10.2. The van der Waals surface area contributed by atoms with Crippen molar-refractivity contribution in [2.45, 2.75) is 45.4 Å². The van der Waals surface area contributed by atoms with Gasteiger partial charge in [-0.15, -0.1) is 0 Å². The summed E-state index contributed by atoms with van der Waals surface area (Å²) in [5.41, 5.74) is 4.48. The summed E-state index contributed by atoms with van der Waals surface area (Å²) in [6.07, 6.45) is 4.54. The van der Waals surface area contributed by atoms with Crippen LogP contribution >= 0.6 is 0 Å². The van der Waals surface area contributed by atoms with Gasteiger partial charge in [-0.3, -0.25) is 4.79 Å². The highest BCUT2D eigenvalue weighted by Gasteiger charge is 2.37. The molecule has 190 valence electrons. The first-order valence-corrected chi connectivity index (χ1v) is 13.3. The molecule has 1 saturated heterocycles. The van der Waals surface area contributed by atoms with Crippen LogP contribution in [-0.2, 0) is 14.8 Å². The molecule has 1 unspecified atom stereocenters. The van der Waals surface area contributed by atoms with Crippen LogP contribution in [0.3, 0.4) is 0 Å². The van der Waals surface area contributed by atoms with E-state index in [9.17, 15) is 17.6 Å². The number of rotatable bonds is 6. The van der Waals surface area contributed by atoms with E-state index in [4.69, 9.17) is 4.52 Å². The van der Waals surface area contributed by atoms with Crippen LogP contribution < -0.4 is 5.32 Å². The van der Waals surface area contributed by atoms with Crippen LogP contribution in [0.5, 0.6) is 0 Å². The zero-order valence-corrected chi connectivity index (χ0v) is 21.7. The average Bonchev–Trinajstić information content (AvgIpc) is 3.22. The SMILES string of the molecule is Cc1ccc(C)c(/C=C/c2onc(C)c2S(=O)(=O)N2CCCC(C(=O)Nc3ccc(F)cc3C)C2)c1. The van der Waals surface area contributed by atoms with Crippen molar-refractivity contribution in [3.05, 3.63) is 75.9 Å². The second-order valence-electron chi connectivity index (χ2n) is 9.31. The van der Waals surface area contributed by atoms with E-state index < -0.39 is 15.9 Å². The lowest BCUT2D eigenvalue weighted by Crippen LogP contribution is -2.44. The van der Waals surface area contributed by atoms with Crippen molar-refractivity contribution >= 4 is 33.8 Å². The van der Waals surface area contributed by atoms with Crippen LogP contribution in [0, 0.1) is 39.4 Å². The van der Waals surface area contributed by atoms with Crippen molar-refractivity contribution < 1.29 is 22.1 Å². The molecule has 36 heavy (non-hydrogen) atoms. The van der Waals surface area contributed by atoms with Crippen LogP contribution in [0.2, 0.25) is 0 Å². The number of nitrogens with zero attached hydrogens (tertiary/aromatic N) is 2. The van der Waals surface area contributed by atoms with Gasteiger partial charge in [-0.2, -0.15) is 4.31 Å². The van der Waals surface area contributed by atoms with Gasteiger partial charge in [0.1, 0.15) is 11.5 Å². The summed E-state index contributed by atoms with van der Waals surface area (Å²) in [5, 5.41) is 6.73. The molecule has 1 amide bonds. The molecule has 4 rings (SSSR count). The molecule has 2 aromatic carbocycles. The number of halogens is 1. The van der Waals surface area contributed by atoms with Gasteiger partial charge in [0, 0.05) is 18.8 Å². The maximum Gasteiger partial charge on any atom is 0.248 e. The molecule has 1 aromatic heterocycles. The van der Waals surface area contributed by atoms with Crippen molar-refractivity contribution in [3.8, 4) is 0 Å². The number of amides is 1. The minimum atomic E-state index is -3.96. The van der Waals surface area contributed by atoms with Gasteiger partial charge in [-0.1, -0.05) is 35.0 Å². The lowest BCUT2D eigenvalue weighted by molar-refractivity contribution is -0.120. The third-order valence-electron chi connectivity index (χ3n) is 6.48. The summed E-state index contributed by atoms with van der Waals surface area (Å²) < 4.78 is 47.4. The molecule has 0 spiro atoms. The van der Waals surface area contributed by atoms with Crippen molar-refractivity contribution in [2.24, 2.45) is 5.92 Å². The number of sulfonamides is 1. The van der Waals surface area contributed by atoms with Crippen molar-refractivity contribution in [1.29, 1.82) is 0 Å². The van der Waals surface area contributed by atoms with Gasteiger partial charge in [0.2, 0.25) is 15.9 Å². The number of anilines is 1. The highest BCUT2D eigenvalue weighted by Crippen LogP contribution is 2.30. The Bertz CT molecular complexity index is 1430. The van der Waals surface area contributed by atoms with E-state index in [1.807, 2.05) is 38.1 Å². The van der Waals surface area contributed by atoms with Crippen LogP contribution in [0.15, 0.2) is 45.8 Å². The third kappa shape index (κ3) is 5.42. The van der Waals surface area contributed by atoms with Gasteiger partial charge in [0.25, 0.3) is 0 Å². The minimum Gasteiger partial charge on any atom is -0.355 e. The Kier molecular flexibility index (Phi) is 7.42. The number of carbonyl (C=O) groups is 1. The molecule has 1 aliphatic heterocycles. The van der Waals surface area contributed by atoms with Crippen molar-refractivity contribution in [3.63, 3.8) is 0 Å². The minimum absolute atomic E-state index is 0.0134. The molecule has 0 saturated carbocycles. The van der Waals surface area contributed by atoms with E-state index in [-0.39, 0.29) is 34.6 Å². The number of aryl methyl sites for hydroxylation is 4. The van der Waals surface area contributed by atoms with E-state index in [0.29, 0.717) is 30.6 Å². The summed E-state index contributed by atoms with van der Waals surface area (Å²) in [6.45, 7) is 7.61. The molecule has 2 heterocycles. The third-order valence-corrected chi connectivity index (χ3v) is 8.51. The fraction of sp³-hybridized carbons (Fsp3) is 0.333. The molecule has 0 aliphatic carbocycles. The summed E-state index contributed by atoms with van der Waals surface area (Å²) in [5.74, 6) is -1.05. The van der Waals surface area contributed by atoms with Gasteiger partial charge in [-0.25, -0.2) is 12.8 Å². The standard InChI is InChI=1S/C27H30FN3O4S/c1-17-7-8-18(2)21(14-17)9-12-25-26(20(4)30-35-25)36(33,34)31-13-5-6-22(16-31)27(32)29-24-11-10-23(28)15-19(24)3/h7-12,14-15,22H,5-6,13,16H2,1-4H3,(H,29,32)/b12-9+. The van der Waals surface area contributed by atoms with E-state index >= 15 is 0 Å². The Morgan fingerprint density at radius 2 is 1.89 bits per heavy atom. The van der Waals surface area contributed by atoms with E-state index in [2.05, 4.69) is 10.5 Å². The number of carbonyl (C=O) groups excluding carboxylic acids is 1. The highest BCUT2D eigenvalue weighted by molar-refractivity contribution is 7.89. The smallest absolute Gasteiger partial charge is 0.248 e. The average molecular weight is 512 g/mol. The molecule has 9 heteroatoms. The number of hydrogen-bond donors (Lipinski definition) is 1. The number of aromatic nitrogens is 1. The first-order valence-electron chi connectivity index (χ1n) is 11.8. The Morgan fingerprint density at radius 3 is 2.64 bits per heavy atom. The fourth-order valence-corrected chi connectivity index (χ4v) is 6.18. The fourth-order valence-electron chi connectivity index (χ4n) is 4.41. The zero-order chi connectivity index (χ0) is 26.0. The van der Waals surface area contributed by atoms with Crippen LogP contribution in [0.4, 0.5) is 10.1 Å². The van der Waals surface area contributed by atoms with E-state index in [1.54, 1.807) is 19.9 Å². The van der Waals surface area contributed by atoms with Gasteiger partial charge in [-0.05, 0) is 81.5 Å². The number of nitrogens with one attached hydrogen (secondary N) is 1. The molecule has 1 aliphatic rings. The molecule has 1 atom stereocenters. The number of piperidine rings is 1. The van der Waals surface area contributed by atoms with E-state index in [1.165, 1.54) is 22.5 Å². The Balaban J connectivity index is 1.55. The quantitative estimate of drug-likeness (QED) is 0.488. The topological polar surface area (TPSA) is 92.5 Å². The Morgan fingerprint density at radius 1 is 1.11 bits per heavy atom. The largest absolute Gasteiger partial charge is 0.355 e. The van der Waals surface area contributed by atoms with Crippen LogP contribution in [-0.4, -0.2) is 36.9 Å². The van der Waals surface area contributed by atoms with Crippen molar-refractivity contribution in [1.82, 2.24) is 9.46 Å². The second kappa shape index (κ2) is 10.4. The summed E-state index contributed by atoms with van der Waals surface area (Å²) in [7, 11) is -3.96. The lowest BCUT2D eigenvalue weighted by atomic mass is 9.98. The van der Waals surface area contributed by atoms with Crippen LogP contribution in [0.1, 0.15) is 46.5 Å². The molecule has 7 nitrogen and oxygen atoms in total. The first kappa shape index (κ1) is 25.8. The molecule has 1 N–H and O–H groups in total. The van der Waals surface area contributed by atoms with Crippen molar-refractivity contribution in [2.75, 3.05) is 18.4 Å². The predicted octanol–water partition coefficient (Wildman–Crippen LogP) is 5.26. The van der Waals surface area contributed by atoms with E-state index in [0.717, 1.165) is 16.7 Å². The molecular formula is C27H30FN3O4S. The molecule has 0 radical (unpaired) electrons. The first-order chi connectivity index (χ1) is 17.1. The van der Waals surface area contributed by atoms with Gasteiger partial charge in [0.15, 0.2) is 10.7 Å². The van der Waals surface area contributed by atoms with Gasteiger partial charge in [0.05, 0.1) is 5.92 Å². The number of benzene rings is 2. The zero-order valence-electron chi connectivity index (χ0n) is 20.8. The van der Waals surface area contributed by atoms with Crippen LogP contribution in [0.25, 0.3) is 12.2 Å². The summed E-state index contributed by atoms with van der Waals surface area (Å²) in [4.78, 5) is 13.0. The molecule has 3 aromatic rings. The number of hydrogen-bond acceptors (Lipinski definition) is 5. The van der Waals surface area contributed by atoms with Gasteiger partial charge >= 0.3 is 0 Å². The summed E-state index contributed by atoms with van der Waals surface area (Å²) >= 11 is 0. The predicted molar refractivity (Wildman–Crippen MR) is 137 cm³/mol. The second-order valence-corrected chi connectivity index (χ2v) is 11.2. The molecule has 0 bridgehead atoms. The Hall–Kier alpha value is -3.30. The lowest BCUT2D eigenvalue weighted by Gasteiger charge is -2.31. The monoisotopic (exact) mass is 511 g/mol. The van der Waals surface area contributed by atoms with Gasteiger partial charge < -0.3 is 9.84 Å². The maximum atomic E-state index is 13.7. The highest BCUT2D eigenvalue weighted by atomic mass is 32.2. The molecular weight excluding hydrogens is 481 g/mol.